The molecule has 2 rings (SSSR count). The van der Waals surface area contributed by atoms with Gasteiger partial charge in [-0.15, -0.1) is 0 Å². The van der Waals surface area contributed by atoms with E-state index in [2.05, 4.69) is 31.2 Å². The first-order chi connectivity index (χ1) is 9.25. The second kappa shape index (κ2) is 5.28. The molecular formula is C12H10BrF3N4. The number of aromatic nitrogens is 2. The summed E-state index contributed by atoms with van der Waals surface area (Å²) in [6.45, 7) is 1.82. The van der Waals surface area contributed by atoms with Crippen LogP contribution in [0, 0.1) is 6.92 Å². The molecule has 0 amide bonds. The van der Waals surface area contributed by atoms with Gasteiger partial charge in [-0.3, -0.25) is 0 Å². The summed E-state index contributed by atoms with van der Waals surface area (Å²) in [5.41, 5.74) is 6.87. The fourth-order valence-corrected chi connectivity index (χ4v) is 1.88. The number of nitrogens with zero attached hydrogens (tertiary/aromatic N) is 2. The quantitative estimate of drug-likeness (QED) is 0.865. The largest absolute Gasteiger partial charge is 0.451 e. The summed E-state index contributed by atoms with van der Waals surface area (Å²) in [4.78, 5) is 6.61. The van der Waals surface area contributed by atoms with Crippen molar-refractivity contribution in [3.05, 3.63) is 40.1 Å². The molecule has 8 heteroatoms. The van der Waals surface area contributed by atoms with Crippen LogP contribution in [-0.2, 0) is 6.18 Å². The summed E-state index contributed by atoms with van der Waals surface area (Å²) in [6.07, 6.45) is -4.64. The molecule has 0 saturated heterocycles. The highest BCUT2D eigenvalue weighted by Gasteiger charge is 2.35. The van der Waals surface area contributed by atoms with Crippen LogP contribution in [0.25, 0.3) is 0 Å². The lowest BCUT2D eigenvalue weighted by Crippen LogP contribution is -2.13. The van der Waals surface area contributed by atoms with E-state index in [0.717, 1.165) is 10.0 Å². The zero-order chi connectivity index (χ0) is 14.9. The zero-order valence-electron chi connectivity index (χ0n) is 10.3. The Balaban J connectivity index is 2.39. The van der Waals surface area contributed by atoms with E-state index < -0.39 is 12.0 Å². The summed E-state index contributed by atoms with van der Waals surface area (Å²) >= 11 is 3.29. The maximum absolute atomic E-state index is 12.6. The van der Waals surface area contributed by atoms with Crippen LogP contribution in [0.2, 0.25) is 0 Å². The molecule has 0 atom stereocenters. The summed E-state index contributed by atoms with van der Waals surface area (Å²) in [7, 11) is 0. The van der Waals surface area contributed by atoms with Crippen LogP contribution in [0.5, 0.6) is 0 Å². The van der Waals surface area contributed by atoms with Crippen LogP contribution in [0.3, 0.4) is 0 Å². The van der Waals surface area contributed by atoms with E-state index in [1.807, 2.05) is 19.1 Å². The fourth-order valence-electron chi connectivity index (χ4n) is 1.52. The predicted octanol–water partition coefficient (Wildman–Crippen LogP) is 3.89. The normalized spacial score (nSPS) is 11.4. The van der Waals surface area contributed by atoms with Gasteiger partial charge in [-0.2, -0.15) is 13.2 Å². The molecule has 0 radical (unpaired) electrons. The van der Waals surface area contributed by atoms with E-state index in [4.69, 9.17) is 5.73 Å². The highest BCUT2D eigenvalue weighted by atomic mass is 79.9. The average molecular weight is 347 g/mol. The topological polar surface area (TPSA) is 63.8 Å². The molecule has 106 valence electrons. The van der Waals surface area contributed by atoms with Gasteiger partial charge in [-0.1, -0.05) is 22.0 Å². The lowest BCUT2D eigenvalue weighted by molar-refractivity contribution is -0.144. The van der Waals surface area contributed by atoms with Gasteiger partial charge in [0.05, 0.1) is 0 Å². The number of hydrogen-bond acceptors (Lipinski definition) is 4. The fraction of sp³-hybridized carbons (Fsp3) is 0.167. The molecule has 0 aliphatic carbocycles. The Morgan fingerprint density at radius 3 is 2.55 bits per heavy atom. The molecule has 1 aromatic heterocycles. The van der Waals surface area contributed by atoms with Crippen LogP contribution >= 0.6 is 15.9 Å². The number of nitrogen functional groups attached to an aromatic ring is 1. The predicted molar refractivity (Wildman–Crippen MR) is 73.6 cm³/mol. The molecule has 0 aliphatic heterocycles. The van der Waals surface area contributed by atoms with Crippen molar-refractivity contribution in [1.82, 2.24) is 9.97 Å². The minimum atomic E-state index is -4.64. The Morgan fingerprint density at radius 1 is 1.20 bits per heavy atom. The van der Waals surface area contributed by atoms with Gasteiger partial charge >= 0.3 is 6.18 Å². The summed E-state index contributed by atoms with van der Waals surface area (Å²) in [5.74, 6) is -1.53. The summed E-state index contributed by atoms with van der Waals surface area (Å²) < 4.78 is 38.6. The van der Waals surface area contributed by atoms with Crippen molar-refractivity contribution >= 4 is 33.3 Å². The highest BCUT2D eigenvalue weighted by molar-refractivity contribution is 9.10. The minimum Gasteiger partial charge on any atom is -0.384 e. The van der Waals surface area contributed by atoms with Gasteiger partial charge in [0.15, 0.2) is 0 Å². The smallest absolute Gasteiger partial charge is 0.384 e. The molecule has 0 fully saturated rings. The molecule has 0 aliphatic rings. The molecule has 1 heterocycles. The van der Waals surface area contributed by atoms with Crippen molar-refractivity contribution in [2.75, 3.05) is 11.1 Å². The molecule has 20 heavy (non-hydrogen) atoms. The first-order valence-corrected chi connectivity index (χ1v) is 6.30. The second-order valence-corrected chi connectivity index (χ2v) is 5.00. The Bertz CT molecular complexity index is 643. The number of benzene rings is 1. The van der Waals surface area contributed by atoms with Crippen LogP contribution in [0.15, 0.2) is 28.7 Å². The average Bonchev–Trinajstić information content (AvgIpc) is 2.32. The Hall–Kier alpha value is -1.83. The van der Waals surface area contributed by atoms with Gasteiger partial charge in [0.25, 0.3) is 0 Å². The minimum absolute atomic E-state index is 0.00831. The molecule has 2 aromatic rings. The number of nitrogens with one attached hydrogen (secondary N) is 1. The third-order valence-corrected chi connectivity index (χ3v) is 2.96. The van der Waals surface area contributed by atoms with Gasteiger partial charge in [0.2, 0.25) is 5.82 Å². The number of nitrogens with two attached hydrogens (primary N) is 1. The number of hydrogen-bond donors (Lipinski definition) is 2. The Labute approximate surface area is 121 Å². The number of anilines is 3. The van der Waals surface area contributed by atoms with Gasteiger partial charge < -0.3 is 11.1 Å². The van der Waals surface area contributed by atoms with E-state index in [-0.39, 0.29) is 11.6 Å². The number of alkyl halides is 3. The van der Waals surface area contributed by atoms with Crippen molar-refractivity contribution in [3.63, 3.8) is 0 Å². The summed E-state index contributed by atoms with van der Waals surface area (Å²) in [5, 5.41) is 2.81. The van der Waals surface area contributed by atoms with Crippen molar-refractivity contribution in [3.8, 4) is 0 Å². The van der Waals surface area contributed by atoms with Crippen molar-refractivity contribution in [2.45, 2.75) is 13.1 Å². The molecular weight excluding hydrogens is 337 g/mol. The Morgan fingerprint density at radius 2 is 1.90 bits per heavy atom. The lowest BCUT2D eigenvalue weighted by Gasteiger charge is -2.12. The van der Waals surface area contributed by atoms with Gasteiger partial charge in [0.1, 0.15) is 11.6 Å². The van der Waals surface area contributed by atoms with Crippen LogP contribution in [0.1, 0.15) is 11.4 Å². The first-order valence-electron chi connectivity index (χ1n) is 5.50. The van der Waals surface area contributed by atoms with Gasteiger partial charge in [0, 0.05) is 16.2 Å². The van der Waals surface area contributed by atoms with Gasteiger partial charge in [-0.05, 0) is 24.6 Å². The van der Waals surface area contributed by atoms with Crippen LogP contribution in [0.4, 0.5) is 30.5 Å². The van der Waals surface area contributed by atoms with E-state index in [1.54, 1.807) is 6.07 Å². The summed E-state index contributed by atoms with van der Waals surface area (Å²) in [6, 6.07) is 6.63. The number of aryl methyl sites for hydroxylation is 1. The van der Waals surface area contributed by atoms with Crippen molar-refractivity contribution in [2.24, 2.45) is 0 Å². The van der Waals surface area contributed by atoms with Crippen molar-refractivity contribution in [1.29, 1.82) is 0 Å². The molecule has 4 nitrogen and oxygen atoms in total. The van der Waals surface area contributed by atoms with Crippen molar-refractivity contribution < 1.29 is 13.2 Å². The maximum atomic E-state index is 12.6. The van der Waals surface area contributed by atoms with Crippen LogP contribution < -0.4 is 11.1 Å². The maximum Gasteiger partial charge on any atom is 0.451 e. The number of rotatable bonds is 2. The molecule has 0 spiro atoms. The zero-order valence-corrected chi connectivity index (χ0v) is 11.9. The van der Waals surface area contributed by atoms with E-state index in [1.165, 1.54) is 6.07 Å². The number of halogens is 4. The highest BCUT2D eigenvalue weighted by Crippen LogP contribution is 2.29. The standard InChI is InChI=1S/C12H10BrF3N4/c1-6-2-3-7(13)4-8(6)18-10-5-9(17)19-11(20-10)12(14,15)16/h2-5H,1H3,(H3,17,18,19,20). The molecule has 1 aromatic carbocycles. The van der Waals surface area contributed by atoms with Crippen LogP contribution in [-0.4, -0.2) is 9.97 Å². The van der Waals surface area contributed by atoms with E-state index in [9.17, 15) is 13.2 Å². The molecule has 3 N–H and O–H groups in total. The third-order valence-electron chi connectivity index (χ3n) is 2.46. The Kier molecular flexibility index (Phi) is 3.85. The third kappa shape index (κ3) is 3.38. The van der Waals surface area contributed by atoms with E-state index >= 15 is 0 Å². The monoisotopic (exact) mass is 346 g/mol. The van der Waals surface area contributed by atoms with E-state index in [0.29, 0.717) is 5.69 Å². The lowest BCUT2D eigenvalue weighted by atomic mass is 10.2. The first kappa shape index (κ1) is 14.6. The molecule has 0 unspecified atom stereocenters. The van der Waals surface area contributed by atoms with Gasteiger partial charge in [-0.25, -0.2) is 9.97 Å². The SMILES string of the molecule is Cc1ccc(Br)cc1Nc1cc(N)nc(C(F)(F)F)n1. The molecule has 0 bridgehead atoms. The second-order valence-electron chi connectivity index (χ2n) is 4.08. The molecule has 0 saturated carbocycles.